The Hall–Kier alpha value is -2.61. The van der Waals surface area contributed by atoms with Crippen LogP contribution in [0.4, 0.5) is 0 Å². The van der Waals surface area contributed by atoms with Crippen LogP contribution in [0.2, 0.25) is 0 Å². The molecule has 26 heavy (non-hydrogen) atoms. The van der Waals surface area contributed by atoms with Crippen molar-refractivity contribution in [3.05, 3.63) is 35.2 Å². The highest BCUT2D eigenvalue weighted by Gasteiger charge is 2.23. The van der Waals surface area contributed by atoms with E-state index in [0.29, 0.717) is 29.8 Å². The minimum atomic E-state index is -0.243. The second kappa shape index (κ2) is 8.18. The molecule has 1 saturated heterocycles. The summed E-state index contributed by atoms with van der Waals surface area (Å²) in [6.07, 6.45) is 1.98. The summed E-state index contributed by atoms with van der Waals surface area (Å²) in [4.78, 5) is 12.6. The molecule has 1 aliphatic rings. The first-order chi connectivity index (χ1) is 12.7. The van der Waals surface area contributed by atoms with Crippen molar-refractivity contribution < 1.29 is 14.3 Å². The van der Waals surface area contributed by atoms with Gasteiger partial charge in [0.25, 0.3) is 5.91 Å². The molecular weight excluding hydrogens is 334 g/mol. The Kier molecular flexibility index (Phi) is 5.72. The SMILES string of the molecule is COc1cccc(CNC(=O)c2nnn(C3CCNCC3)c2C)c1OC. The quantitative estimate of drug-likeness (QED) is 0.811. The topological polar surface area (TPSA) is 90.3 Å². The average molecular weight is 359 g/mol. The van der Waals surface area contributed by atoms with Crippen LogP contribution in [-0.2, 0) is 6.54 Å². The van der Waals surface area contributed by atoms with Gasteiger partial charge in [0.2, 0.25) is 0 Å². The molecule has 140 valence electrons. The molecule has 3 rings (SSSR count). The van der Waals surface area contributed by atoms with Crippen molar-refractivity contribution in [2.45, 2.75) is 32.4 Å². The van der Waals surface area contributed by atoms with Gasteiger partial charge >= 0.3 is 0 Å². The molecule has 1 amide bonds. The molecule has 1 aromatic heterocycles. The number of rotatable bonds is 6. The molecule has 8 heteroatoms. The first-order valence-electron chi connectivity index (χ1n) is 8.76. The third-order valence-electron chi connectivity index (χ3n) is 4.72. The molecule has 0 atom stereocenters. The van der Waals surface area contributed by atoms with Crippen LogP contribution in [0, 0.1) is 6.92 Å². The van der Waals surface area contributed by atoms with Gasteiger partial charge in [-0.25, -0.2) is 4.68 Å². The van der Waals surface area contributed by atoms with Gasteiger partial charge in [-0.15, -0.1) is 5.10 Å². The third-order valence-corrected chi connectivity index (χ3v) is 4.72. The number of nitrogens with one attached hydrogen (secondary N) is 2. The monoisotopic (exact) mass is 359 g/mol. The van der Waals surface area contributed by atoms with Crippen LogP contribution in [0.15, 0.2) is 18.2 Å². The largest absolute Gasteiger partial charge is 0.493 e. The number of hydrogen-bond acceptors (Lipinski definition) is 6. The van der Waals surface area contributed by atoms with Gasteiger partial charge in [0.1, 0.15) is 0 Å². The van der Waals surface area contributed by atoms with Crippen molar-refractivity contribution in [3.8, 4) is 11.5 Å². The summed E-state index contributed by atoms with van der Waals surface area (Å²) in [7, 11) is 3.17. The summed E-state index contributed by atoms with van der Waals surface area (Å²) in [5.74, 6) is 1.00. The van der Waals surface area contributed by atoms with Gasteiger partial charge in [0, 0.05) is 12.1 Å². The maximum atomic E-state index is 12.6. The van der Waals surface area contributed by atoms with E-state index < -0.39 is 0 Å². The zero-order valence-electron chi connectivity index (χ0n) is 15.4. The third kappa shape index (κ3) is 3.65. The van der Waals surface area contributed by atoms with E-state index in [2.05, 4.69) is 20.9 Å². The normalized spacial score (nSPS) is 14.9. The Bertz CT molecular complexity index is 768. The number of carbonyl (C=O) groups is 1. The number of aromatic nitrogens is 3. The summed E-state index contributed by atoms with van der Waals surface area (Å²) in [5.41, 5.74) is 2.00. The number of benzene rings is 1. The number of nitrogens with zero attached hydrogens (tertiary/aromatic N) is 3. The van der Waals surface area contributed by atoms with Crippen molar-refractivity contribution in [1.82, 2.24) is 25.6 Å². The Morgan fingerprint density at radius 3 is 2.77 bits per heavy atom. The minimum absolute atomic E-state index is 0.243. The van der Waals surface area contributed by atoms with Crippen molar-refractivity contribution in [2.75, 3.05) is 27.3 Å². The molecule has 2 N–H and O–H groups in total. The zero-order chi connectivity index (χ0) is 18.5. The van der Waals surface area contributed by atoms with E-state index in [1.165, 1.54) is 0 Å². The van der Waals surface area contributed by atoms with Crippen molar-refractivity contribution in [2.24, 2.45) is 0 Å². The highest BCUT2D eigenvalue weighted by molar-refractivity contribution is 5.93. The molecule has 0 aliphatic carbocycles. The second-order valence-corrected chi connectivity index (χ2v) is 6.28. The standard InChI is InChI=1S/C18H25N5O3/c1-12-16(21-22-23(12)14-7-9-19-10-8-14)18(24)20-11-13-5-4-6-15(25-2)17(13)26-3/h4-6,14,19H,7-11H2,1-3H3,(H,20,24). The van der Waals surface area contributed by atoms with E-state index in [-0.39, 0.29) is 5.91 Å². The molecule has 8 nitrogen and oxygen atoms in total. The van der Waals surface area contributed by atoms with Gasteiger partial charge in [0.15, 0.2) is 17.2 Å². The van der Waals surface area contributed by atoms with Crippen LogP contribution in [0.3, 0.4) is 0 Å². The lowest BCUT2D eigenvalue weighted by Gasteiger charge is -2.23. The Morgan fingerprint density at radius 2 is 2.08 bits per heavy atom. The lowest BCUT2D eigenvalue weighted by Crippen LogP contribution is -2.30. The van der Waals surface area contributed by atoms with E-state index in [4.69, 9.17) is 9.47 Å². The van der Waals surface area contributed by atoms with Crippen molar-refractivity contribution >= 4 is 5.91 Å². The van der Waals surface area contributed by atoms with E-state index in [0.717, 1.165) is 37.2 Å². The number of hydrogen-bond donors (Lipinski definition) is 2. The fourth-order valence-electron chi connectivity index (χ4n) is 3.30. The summed E-state index contributed by atoms with van der Waals surface area (Å²) < 4.78 is 12.6. The van der Waals surface area contributed by atoms with Crippen molar-refractivity contribution in [3.63, 3.8) is 0 Å². The Morgan fingerprint density at radius 1 is 1.31 bits per heavy atom. The molecule has 0 saturated carbocycles. The highest BCUT2D eigenvalue weighted by atomic mass is 16.5. The number of ether oxygens (including phenoxy) is 2. The maximum absolute atomic E-state index is 12.6. The predicted molar refractivity (Wildman–Crippen MR) is 96.6 cm³/mol. The number of para-hydroxylation sites is 1. The van der Waals surface area contributed by atoms with E-state index in [9.17, 15) is 4.79 Å². The fourth-order valence-corrected chi connectivity index (χ4v) is 3.30. The zero-order valence-corrected chi connectivity index (χ0v) is 15.4. The summed E-state index contributed by atoms with van der Waals surface area (Å²) in [6.45, 7) is 4.13. The lowest BCUT2D eigenvalue weighted by atomic mass is 10.1. The van der Waals surface area contributed by atoms with Crippen LogP contribution < -0.4 is 20.1 Å². The maximum Gasteiger partial charge on any atom is 0.274 e. The van der Waals surface area contributed by atoms with Crippen LogP contribution in [0.1, 0.15) is 40.6 Å². The lowest BCUT2D eigenvalue weighted by molar-refractivity contribution is 0.0945. The van der Waals surface area contributed by atoms with Crippen LogP contribution in [0.25, 0.3) is 0 Å². The molecule has 2 heterocycles. The second-order valence-electron chi connectivity index (χ2n) is 6.28. The molecule has 0 unspecified atom stereocenters. The van der Waals surface area contributed by atoms with Gasteiger partial charge in [0.05, 0.1) is 26.0 Å². The molecular formula is C18H25N5O3. The van der Waals surface area contributed by atoms with Gasteiger partial charge in [-0.3, -0.25) is 4.79 Å². The molecule has 0 radical (unpaired) electrons. The highest BCUT2D eigenvalue weighted by Crippen LogP contribution is 2.30. The minimum Gasteiger partial charge on any atom is -0.493 e. The molecule has 1 aromatic carbocycles. The number of amides is 1. The Balaban J connectivity index is 1.70. The van der Waals surface area contributed by atoms with E-state index in [1.807, 2.05) is 29.8 Å². The Labute approximate surface area is 152 Å². The molecule has 0 bridgehead atoms. The van der Waals surface area contributed by atoms with E-state index >= 15 is 0 Å². The van der Waals surface area contributed by atoms with Crippen molar-refractivity contribution in [1.29, 1.82) is 0 Å². The van der Waals surface area contributed by atoms with E-state index in [1.54, 1.807) is 14.2 Å². The van der Waals surface area contributed by atoms with Gasteiger partial charge in [-0.2, -0.15) is 0 Å². The van der Waals surface area contributed by atoms with Crippen LogP contribution in [-0.4, -0.2) is 48.2 Å². The smallest absolute Gasteiger partial charge is 0.274 e. The predicted octanol–water partition coefficient (Wildman–Crippen LogP) is 1.46. The number of methoxy groups -OCH3 is 2. The first kappa shape index (κ1) is 18.2. The number of piperidine rings is 1. The molecule has 1 fully saturated rings. The average Bonchev–Trinajstić information content (AvgIpc) is 3.07. The van der Waals surface area contributed by atoms with Gasteiger partial charge in [-0.1, -0.05) is 17.3 Å². The summed E-state index contributed by atoms with van der Waals surface area (Å²) >= 11 is 0. The molecule has 2 aromatic rings. The molecule has 0 spiro atoms. The first-order valence-corrected chi connectivity index (χ1v) is 8.76. The molecule has 1 aliphatic heterocycles. The fraction of sp³-hybridized carbons (Fsp3) is 0.500. The summed E-state index contributed by atoms with van der Waals surface area (Å²) in [6, 6.07) is 5.87. The number of carbonyl (C=O) groups excluding carboxylic acids is 1. The summed E-state index contributed by atoms with van der Waals surface area (Å²) in [5, 5.41) is 14.5. The van der Waals surface area contributed by atoms with Crippen LogP contribution >= 0.6 is 0 Å². The van der Waals surface area contributed by atoms with Gasteiger partial charge < -0.3 is 20.1 Å². The van der Waals surface area contributed by atoms with Gasteiger partial charge in [-0.05, 0) is 38.9 Å². The van der Waals surface area contributed by atoms with Crippen LogP contribution in [0.5, 0.6) is 11.5 Å².